The van der Waals surface area contributed by atoms with Crippen LogP contribution >= 0.6 is 0 Å². The maximum absolute atomic E-state index is 13.0. The molecule has 13 nitrogen and oxygen atoms in total. The molecule has 1 aromatic heterocycles. The molecule has 1 fully saturated rings. The van der Waals surface area contributed by atoms with Crippen LogP contribution in [-0.4, -0.2) is 79.9 Å². The van der Waals surface area contributed by atoms with Crippen LogP contribution in [0.3, 0.4) is 0 Å². The van der Waals surface area contributed by atoms with Crippen LogP contribution in [-0.2, 0) is 19.1 Å². The van der Waals surface area contributed by atoms with Crippen molar-refractivity contribution in [2.24, 2.45) is 0 Å². The number of carboxylic acids is 1. The zero-order chi connectivity index (χ0) is 26.9. The number of aliphatic hydroxyl groups is 3. The molecule has 0 aliphatic carbocycles. The van der Waals surface area contributed by atoms with Gasteiger partial charge in [-0.25, -0.2) is 0 Å². The number of benzene rings is 2. The predicted octanol–water partition coefficient (Wildman–Crippen LogP) is 0.0755. The van der Waals surface area contributed by atoms with Crippen molar-refractivity contribution in [2.75, 3.05) is 6.61 Å². The van der Waals surface area contributed by atoms with E-state index < -0.39 is 66.9 Å². The standard InChI is InChI=1S/C24H22O13/c25-11-3-1-10(2-4-11)13-8-34-15-6-12(5-14(26)19(15)20(13)30)36-24-23(33)22(32)21(31)16(37-24)9-35-18(29)7-17(27)28/h1-6,8,16,21-26,31-33H,7,9H2,(H,27,28)/t16-,21-,22+,23-,24-/m1/s1. The molecule has 3 aromatic rings. The van der Waals surface area contributed by atoms with Crippen LogP contribution in [0.15, 0.2) is 51.9 Å². The number of carbonyl (C=O) groups is 2. The van der Waals surface area contributed by atoms with Gasteiger partial charge in [-0.2, -0.15) is 0 Å². The Morgan fingerprint density at radius 3 is 2.35 bits per heavy atom. The summed E-state index contributed by atoms with van der Waals surface area (Å²) in [6.45, 7) is -0.644. The third-order valence-electron chi connectivity index (χ3n) is 5.63. The molecule has 6 N–H and O–H groups in total. The third-order valence-corrected chi connectivity index (χ3v) is 5.63. The normalized spacial score (nSPS) is 23.5. The summed E-state index contributed by atoms with van der Waals surface area (Å²) in [7, 11) is 0. The summed E-state index contributed by atoms with van der Waals surface area (Å²) in [6.07, 6.45) is -8.04. The summed E-state index contributed by atoms with van der Waals surface area (Å²) in [5.74, 6) is -3.19. The number of phenols is 2. The average molecular weight is 518 g/mol. The van der Waals surface area contributed by atoms with E-state index in [-0.39, 0.29) is 28.0 Å². The van der Waals surface area contributed by atoms with Crippen molar-refractivity contribution in [2.45, 2.75) is 37.1 Å². The maximum Gasteiger partial charge on any atom is 0.317 e. The number of aliphatic hydroxyl groups excluding tert-OH is 3. The zero-order valence-corrected chi connectivity index (χ0v) is 18.9. The monoisotopic (exact) mass is 518 g/mol. The first kappa shape index (κ1) is 25.9. The summed E-state index contributed by atoms with van der Waals surface area (Å²) in [6, 6.07) is 8.05. The fraction of sp³-hybridized carbons (Fsp3) is 0.292. The lowest BCUT2D eigenvalue weighted by Gasteiger charge is -2.39. The summed E-state index contributed by atoms with van der Waals surface area (Å²) in [5, 5.41) is 59.0. The zero-order valence-electron chi connectivity index (χ0n) is 18.9. The number of hydrogen-bond donors (Lipinski definition) is 6. The van der Waals surface area contributed by atoms with E-state index in [1.54, 1.807) is 0 Å². The van der Waals surface area contributed by atoms with Crippen molar-refractivity contribution in [3.8, 4) is 28.4 Å². The topological polar surface area (TPSA) is 213 Å². The van der Waals surface area contributed by atoms with Crippen LogP contribution in [0.2, 0.25) is 0 Å². The van der Waals surface area contributed by atoms with E-state index in [0.717, 1.165) is 12.3 Å². The number of aromatic hydroxyl groups is 2. The van der Waals surface area contributed by atoms with Gasteiger partial charge in [-0.3, -0.25) is 14.4 Å². The van der Waals surface area contributed by atoms with Crippen LogP contribution in [0, 0.1) is 0 Å². The fourth-order valence-corrected chi connectivity index (χ4v) is 3.75. The Morgan fingerprint density at radius 2 is 1.68 bits per heavy atom. The SMILES string of the molecule is O=C(O)CC(=O)OC[C@H]1O[C@@H](Oc2cc(O)c3c(=O)c(-c4ccc(O)cc4)coc3c2)[C@H](O)[C@@H](O)[C@@H]1O. The highest BCUT2D eigenvalue weighted by molar-refractivity contribution is 5.90. The Balaban J connectivity index is 1.56. The van der Waals surface area contributed by atoms with E-state index in [2.05, 4.69) is 0 Å². The van der Waals surface area contributed by atoms with Gasteiger partial charge in [0.1, 0.15) is 71.9 Å². The Labute approximate surface area is 207 Å². The van der Waals surface area contributed by atoms with Gasteiger partial charge in [0, 0.05) is 12.1 Å². The first-order chi connectivity index (χ1) is 17.5. The molecule has 5 atom stereocenters. The highest BCUT2D eigenvalue weighted by Crippen LogP contribution is 2.33. The van der Waals surface area contributed by atoms with Gasteiger partial charge in [-0.15, -0.1) is 0 Å². The molecule has 0 bridgehead atoms. The minimum absolute atomic E-state index is 0.00369. The van der Waals surface area contributed by atoms with Gasteiger partial charge in [0.15, 0.2) is 0 Å². The van der Waals surface area contributed by atoms with E-state index in [1.807, 2.05) is 0 Å². The summed E-state index contributed by atoms with van der Waals surface area (Å²) in [4.78, 5) is 35.0. The van der Waals surface area contributed by atoms with E-state index >= 15 is 0 Å². The van der Waals surface area contributed by atoms with E-state index in [1.165, 1.54) is 30.3 Å². The van der Waals surface area contributed by atoms with Crippen LogP contribution in [0.25, 0.3) is 22.1 Å². The van der Waals surface area contributed by atoms with Crippen molar-refractivity contribution < 1.29 is 58.9 Å². The molecular formula is C24H22O13. The number of phenolic OH excluding ortho intramolecular Hbond substituents is 2. The molecular weight excluding hydrogens is 496 g/mol. The molecule has 0 radical (unpaired) electrons. The van der Waals surface area contributed by atoms with E-state index in [4.69, 9.17) is 23.7 Å². The minimum atomic E-state index is -1.79. The number of esters is 1. The number of hydrogen-bond acceptors (Lipinski definition) is 12. The molecule has 0 saturated carbocycles. The Morgan fingerprint density at radius 1 is 0.973 bits per heavy atom. The van der Waals surface area contributed by atoms with Crippen molar-refractivity contribution >= 4 is 22.9 Å². The second kappa shape index (κ2) is 10.4. The number of carboxylic acid groups (broad SMARTS) is 1. The highest BCUT2D eigenvalue weighted by atomic mass is 16.7. The molecule has 0 amide bonds. The highest BCUT2D eigenvalue weighted by Gasteiger charge is 2.45. The van der Waals surface area contributed by atoms with Crippen LogP contribution in [0.4, 0.5) is 0 Å². The van der Waals surface area contributed by atoms with Gasteiger partial charge in [0.25, 0.3) is 0 Å². The lowest BCUT2D eigenvalue weighted by atomic mass is 9.99. The largest absolute Gasteiger partial charge is 0.508 e. The average Bonchev–Trinajstić information content (AvgIpc) is 2.84. The molecule has 1 saturated heterocycles. The number of rotatable bonds is 7. The van der Waals surface area contributed by atoms with Crippen molar-refractivity contribution in [1.82, 2.24) is 0 Å². The third kappa shape index (κ3) is 5.49. The number of ether oxygens (including phenoxy) is 3. The van der Waals surface area contributed by atoms with Crippen LogP contribution in [0.5, 0.6) is 17.2 Å². The summed E-state index contributed by atoms with van der Waals surface area (Å²) in [5.41, 5.74) is -0.0752. The predicted molar refractivity (Wildman–Crippen MR) is 122 cm³/mol. The molecule has 2 heterocycles. The molecule has 1 aliphatic rings. The minimum Gasteiger partial charge on any atom is -0.508 e. The van der Waals surface area contributed by atoms with Gasteiger partial charge in [-0.05, 0) is 17.7 Å². The first-order valence-electron chi connectivity index (χ1n) is 10.9. The fourth-order valence-electron chi connectivity index (χ4n) is 3.75. The van der Waals surface area contributed by atoms with Gasteiger partial charge < -0.3 is 49.3 Å². The molecule has 0 spiro atoms. The van der Waals surface area contributed by atoms with E-state index in [0.29, 0.717) is 5.56 Å². The van der Waals surface area contributed by atoms with Crippen LogP contribution in [0.1, 0.15) is 6.42 Å². The molecule has 4 rings (SSSR count). The Kier molecular flexibility index (Phi) is 7.31. The van der Waals surface area contributed by atoms with Gasteiger partial charge in [0.2, 0.25) is 11.7 Å². The van der Waals surface area contributed by atoms with Gasteiger partial charge in [0.05, 0.1) is 5.56 Å². The lowest BCUT2D eigenvalue weighted by molar-refractivity contribution is -0.278. The van der Waals surface area contributed by atoms with Crippen LogP contribution < -0.4 is 10.2 Å². The number of fused-ring (bicyclic) bond motifs is 1. The first-order valence-corrected chi connectivity index (χ1v) is 10.9. The second-order valence-electron chi connectivity index (χ2n) is 8.23. The smallest absolute Gasteiger partial charge is 0.317 e. The van der Waals surface area contributed by atoms with Crippen molar-refractivity contribution in [1.29, 1.82) is 0 Å². The maximum atomic E-state index is 13.0. The lowest BCUT2D eigenvalue weighted by Crippen LogP contribution is -2.60. The molecule has 196 valence electrons. The molecule has 13 heteroatoms. The molecule has 1 aliphatic heterocycles. The second-order valence-corrected chi connectivity index (χ2v) is 8.23. The van der Waals surface area contributed by atoms with Gasteiger partial charge in [-0.1, -0.05) is 12.1 Å². The molecule has 0 unspecified atom stereocenters. The summed E-state index contributed by atoms with van der Waals surface area (Å²) < 4.78 is 21.2. The number of carbonyl (C=O) groups excluding carboxylic acids is 1. The van der Waals surface area contributed by atoms with E-state index in [9.17, 15) is 39.9 Å². The molecule has 37 heavy (non-hydrogen) atoms. The number of aliphatic carboxylic acids is 1. The summed E-state index contributed by atoms with van der Waals surface area (Å²) >= 11 is 0. The van der Waals surface area contributed by atoms with Crippen molar-refractivity contribution in [3.63, 3.8) is 0 Å². The molecule has 2 aromatic carbocycles. The Hall–Kier alpha value is -4.17. The Bertz CT molecular complexity index is 1360. The quantitative estimate of drug-likeness (QED) is 0.181. The van der Waals surface area contributed by atoms with Crippen molar-refractivity contribution in [3.05, 3.63) is 52.9 Å². The van der Waals surface area contributed by atoms with Gasteiger partial charge >= 0.3 is 11.9 Å².